The summed E-state index contributed by atoms with van der Waals surface area (Å²) < 4.78 is 8.24. The van der Waals surface area contributed by atoms with Gasteiger partial charge in [0.05, 0.1) is 17.4 Å². The molecule has 1 amide bonds. The first-order chi connectivity index (χ1) is 13.7. The zero-order valence-electron chi connectivity index (χ0n) is 16.4. The third-order valence-corrected chi connectivity index (χ3v) is 6.77. The lowest BCUT2D eigenvalue weighted by Gasteiger charge is -2.29. The molecule has 1 spiro atoms. The van der Waals surface area contributed by atoms with E-state index < -0.39 is 0 Å². The van der Waals surface area contributed by atoms with Crippen molar-refractivity contribution in [2.75, 3.05) is 26.2 Å². The fourth-order valence-electron chi connectivity index (χ4n) is 5.57. The first kappa shape index (κ1) is 17.9. The highest BCUT2D eigenvalue weighted by Crippen LogP contribution is 2.54. The SMILES string of the molecule is CCCN1C[C@@H]2[C@H](CNC(=O)c3cccc(-n4cccn4)c3)[C@H]3CC[C@]2(C1)O3. The fourth-order valence-corrected chi connectivity index (χ4v) is 5.57. The van der Waals surface area contributed by atoms with Crippen molar-refractivity contribution in [3.63, 3.8) is 0 Å². The lowest BCUT2D eigenvalue weighted by Crippen LogP contribution is -2.41. The minimum Gasteiger partial charge on any atom is -0.370 e. The average molecular weight is 380 g/mol. The molecule has 148 valence electrons. The van der Waals surface area contributed by atoms with Crippen LogP contribution in [-0.2, 0) is 4.74 Å². The number of ether oxygens (including phenoxy) is 1. The molecule has 0 aliphatic carbocycles. The summed E-state index contributed by atoms with van der Waals surface area (Å²) in [6, 6.07) is 9.49. The Labute approximate surface area is 165 Å². The molecule has 0 radical (unpaired) electrons. The molecule has 3 saturated heterocycles. The summed E-state index contributed by atoms with van der Waals surface area (Å²) in [5, 5.41) is 7.43. The Morgan fingerprint density at radius 1 is 1.39 bits per heavy atom. The summed E-state index contributed by atoms with van der Waals surface area (Å²) >= 11 is 0. The zero-order valence-corrected chi connectivity index (χ0v) is 16.4. The van der Waals surface area contributed by atoms with Gasteiger partial charge in [-0.2, -0.15) is 5.10 Å². The van der Waals surface area contributed by atoms with Gasteiger partial charge in [0.25, 0.3) is 5.91 Å². The van der Waals surface area contributed by atoms with Gasteiger partial charge in [-0.05, 0) is 50.1 Å². The molecular formula is C22H28N4O2. The maximum absolute atomic E-state index is 12.8. The molecule has 2 bridgehead atoms. The largest absolute Gasteiger partial charge is 0.370 e. The summed E-state index contributed by atoms with van der Waals surface area (Å²) in [5.74, 6) is 0.955. The predicted molar refractivity (Wildman–Crippen MR) is 106 cm³/mol. The first-order valence-corrected chi connectivity index (χ1v) is 10.5. The minimum atomic E-state index is -0.0192. The first-order valence-electron chi connectivity index (χ1n) is 10.5. The van der Waals surface area contributed by atoms with Crippen LogP contribution < -0.4 is 5.32 Å². The summed E-state index contributed by atoms with van der Waals surface area (Å²) in [6.07, 6.45) is 7.42. The monoisotopic (exact) mass is 380 g/mol. The molecule has 28 heavy (non-hydrogen) atoms. The second kappa shape index (κ2) is 7.01. The molecule has 1 aromatic carbocycles. The van der Waals surface area contributed by atoms with E-state index in [1.54, 1.807) is 10.9 Å². The third kappa shape index (κ3) is 2.95. The number of hydrogen-bond acceptors (Lipinski definition) is 4. The zero-order chi connectivity index (χ0) is 19.1. The van der Waals surface area contributed by atoms with Gasteiger partial charge >= 0.3 is 0 Å². The van der Waals surface area contributed by atoms with Crippen LogP contribution in [0.3, 0.4) is 0 Å². The van der Waals surface area contributed by atoms with Gasteiger partial charge in [-0.25, -0.2) is 4.68 Å². The highest BCUT2D eigenvalue weighted by Gasteiger charge is 2.62. The predicted octanol–water partition coefficient (Wildman–Crippen LogP) is 2.49. The molecular weight excluding hydrogens is 352 g/mol. The van der Waals surface area contributed by atoms with Crippen molar-refractivity contribution >= 4 is 5.91 Å². The Morgan fingerprint density at radius 2 is 2.32 bits per heavy atom. The van der Waals surface area contributed by atoms with E-state index in [1.165, 1.54) is 12.8 Å². The second-order valence-electron chi connectivity index (χ2n) is 8.48. The standard InChI is InChI=1S/C22H28N4O2/c1-2-10-25-14-19-18(20-7-8-22(19,15-25)28-20)13-23-21(27)16-5-3-6-17(12-16)26-11-4-9-24-26/h3-6,9,11-12,18-20H,2,7-8,10,13-15H2,1H3,(H,23,27)/t18-,19+,20+,22+/m0/s1. The molecule has 6 heteroatoms. The lowest BCUT2D eigenvalue weighted by molar-refractivity contribution is 0.00279. The number of likely N-dealkylation sites (tertiary alicyclic amines) is 1. The second-order valence-corrected chi connectivity index (χ2v) is 8.48. The van der Waals surface area contributed by atoms with Crippen molar-refractivity contribution in [3.8, 4) is 5.69 Å². The maximum atomic E-state index is 12.8. The van der Waals surface area contributed by atoms with E-state index in [9.17, 15) is 4.79 Å². The number of hydrogen-bond donors (Lipinski definition) is 1. The van der Waals surface area contributed by atoms with Crippen molar-refractivity contribution in [3.05, 3.63) is 48.3 Å². The molecule has 1 aromatic heterocycles. The molecule has 0 unspecified atom stereocenters. The normalized spacial score (nSPS) is 31.2. The van der Waals surface area contributed by atoms with E-state index in [-0.39, 0.29) is 11.5 Å². The minimum absolute atomic E-state index is 0.0192. The van der Waals surface area contributed by atoms with Crippen LogP contribution in [0.1, 0.15) is 36.5 Å². The number of amides is 1. The Kier molecular flexibility index (Phi) is 4.48. The molecule has 3 fully saturated rings. The number of nitrogens with one attached hydrogen (secondary N) is 1. The number of rotatable bonds is 6. The van der Waals surface area contributed by atoms with E-state index in [4.69, 9.17) is 4.74 Å². The van der Waals surface area contributed by atoms with Crippen LogP contribution in [0, 0.1) is 11.8 Å². The van der Waals surface area contributed by atoms with Gasteiger partial charge in [0.2, 0.25) is 0 Å². The Hall–Kier alpha value is -2.18. The number of fused-ring (bicyclic) bond motifs is 1. The maximum Gasteiger partial charge on any atom is 0.251 e. The summed E-state index contributed by atoms with van der Waals surface area (Å²) in [7, 11) is 0. The molecule has 3 aliphatic rings. The van der Waals surface area contributed by atoms with Crippen LogP contribution in [0.15, 0.2) is 42.7 Å². The van der Waals surface area contributed by atoms with Crippen molar-refractivity contribution in [1.29, 1.82) is 0 Å². The van der Waals surface area contributed by atoms with Crippen molar-refractivity contribution in [1.82, 2.24) is 20.0 Å². The Bertz CT molecular complexity index is 852. The smallest absolute Gasteiger partial charge is 0.251 e. The number of aromatic nitrogens is 2. The molecule has 5 rings (SSSR count). The molecule has 3 aliphatic heterocycles. The molecule has 4 atom stereocenters. The van der Waals surface area contributed by atoms with Gasteiger partial charge in [-0.3, -0.25) is 4.79 Å². The topological polar surface area (TPSA) is 59.4 Å². The van der Waals surface area contributed by atoms with Gasteiger partial charge in [-0.15, -0.1) is 0 Å². The van der Waals surface area contributed by atoms with Crippen molar-refractivity contribution < 1.29 is 9.53 Å². The average Bonchev–Trinajstić information content (AvgIpc) is 3.47. The summed E-state index contributed by atoms with van der Waals surface area (Å²) in [5.41, 5.74) is 1.62. The summed E-state index contributed by atoms with van der Waals surface area (Å²) in [6.45, 7) is 6.25. The highest BCUT2D eigenvalue weighted by molar-refractivity contribution is 5.94. The van der Waals surface area contributed by atoms with Crippen molar-refractivity contribution in [2.45, 2.75) is 37.9 Å². The molecule has 6 nitrogen and oxygen atoms in total. The van der Waals surface area contributed by atoms with Crippen molar-refractivity contribution in [2.24, 2.45) is 11.8 Å². The molecule has 1 N–H and O–H groups in total. The van der Waals surface area contributed by atoms with Gasteiger partial charge in [0, 0.05) is 49.4 Å². The number of carbonyl (C=O) groups excluding carboxylic acids is 1. The lowest BCUT2D eigenvalue weighted by atomic mass is 9.73. The van der Waals surface area contributed by atoms with Crippen LogP contribution in [0.4, 0.5) is 0 Å². The molecule has 0 saturated carbocycles. The number of carbonyl (C=O) groups is 1. The highest BCUT2D eigenvalue weighted by atomic mass is 16.5. The van der Waals surface area contributed by atoms with E-state index in [2.05, 4.69) is 22.2 Å². The van der Waals surface area contributed by atoms with Crippen LogP contribution in [0.2, 0.25) is 0 Å². The van der Waals surface area contributed by atoms with E-state index in [0.717, 1.165) is 31.7 Å². The van der Waals surface area contributed by atoms with Crippen LogP contribution in [0.25, 0.3) is 5.69 Å². The van der Waals surface area contributed by atoms with E-state index in [0.29, 0.717) is 30.0 Å². The molecule has 2 aromatic rings. The van der Waals surface area contributed by atoms with Crippen LogP contribution >= 0.6 is 0 Å². The van der Waals surface area contributed by atoms with E-state index >= 15 is 0 Å². The van der Waals surface area contributed by atoms with E-state index in [1.807, 2.05) is 36.5 Å². The Balaban J connectivity index is 1.26. The third-order valence-electron chi connectivity index (χ3n) is 6.77. The van der Waals surface area contributed by atoms with Gasteiger partial charge in [0.15, 0.2) is 0 Å². The molecule has 4 heterocycles. The Morgan fingerprint density at radius 3 is 3.14 bits per heavy atom. The number of nitrogens with zero attached hydrogens (tertiary/aromatic N) is 3. The van der Waals surface area contributed by atoms with Gasteiger partial charge in [-0.1, -0.05) is 13.0 Å². The van der Waals surface area contributed by atoms with Crippen LogP contribution in [0.5, 0.6) is 0 Å². The summed E-state index contributed by atoms with van der Waals surface area (Å²) in [4.78, 5) is 15.3. The number of benzene rings is 1. The van der Waals surface area contributed by atoms with Crippen LogP contribution in [-0.4, -0.2) is 58.5 Å². The quantitative estimate of drug-likeness (QED) is 0.837. The fraction of sp³-hybridized carbons (Fsp3) is 0.545. The van der Waals surface area contributed by atoms with Gasteiger partial charge < -0.3 is 15.0 Å². The van der Waals surface area contributed by atoms with Gasteiger partial charge in [0.1, 0.15) is 0 Å².